The van der Waals surface area contributed by atoms with Crippen LogP contribution in [0.15, 0.2) is 29.4 Å². The van der Waals surface area contributed by atoms with E-state index in [-0.39, 0.29) is 0 Å². The van der Waals surface area contributed by atoms with Gasteiger partial charge in [0.25, 0.3) is 0 Å². The van der Waals surface area contributed by atoms with Gasteiger partial charge in [-0.3, -0.25) is 4.99 Å². The first-order chi connectivity index (χ1) is 11.9. The fourth-order valence-electron chi connectivity index (χ4n) is 1.99. The van der Waals surface area contributed by atoms with Gasteiger partial charge in [0.1, 0.15) is 5.82 Å². The van der Waals surface area contributed by atoms with Gasteiger partial charge in [0.15, 0.2) is 5.96 Å². The molecule has 1 aromatic rings. The zero-order valence-corrected chi connectivity index (χ0v) is 14.9. The quantitative estimate of drug-likeness (QED) is 0.287. The molecule has 1 aromatic heterocycles. The number of anilines is 1. The number of methoxy groups -OCH3 is 1. The highest BCUT2D eigenvalue weighted by atomic mass is 16.5. The van der Waals surface area contributed by atoms with Gasteiger partial charge in [-0.05, 0) is 31.4 Å². The number of aromatic nitrogens is 1. The number of aliphatic imine (C=N–C) groups is 1. The van der Waals surface area contributed by atoms with Crippen LogP contribution in [0, 0.1) is 0 Å². The van der Waals surface area contributed by atoms with Crippen LogP contribution in [0.25, 0.3) is 0 Å². The highest BCUT2D eigenvalue weighted by Crippen LogP contribution is 1.99. The summed E-state index contributed by atoms with van der Waals surface area (Å²) in [6.07, 6.45) is 4.88. The predicted octanol–water partition coefficient (Wildman–Crippen LogP) is 1.49. The van der Waals surface area contributed by atoms with Gasteiger partial charge in [-0.2, -0.15) is 0 Å². The molecule has 0 bridgehead atoms. The fraction of sp³-hybridized carbons (Fsp3) is 0.647. The van der Waals surface area contributed by atoms with E-state index in [1.165, 1.54) is 0 Å². The molecule has 0 saturated heterocycles. The van der Waals surface area contributed by atoms with E-state index < -0.39 is 0 Å². The first-order valence-corrected chi connectivity index (χ1v) is 8.53. The Labute approximate surface area is 145 Å². The molecular formula is C17H31N5O2. The average molecular weight is 337 g/mol. The van der Waals surface area contributed by atoms with Crippen molar-refractivity contribution in [3.8, 4) is 0 Å². The van der Waals surface area contributed by atoms with Gasteiger partial charge in [0, 0.05) is 46.6 Å². The van der Waals surface area contributed by atoms with Crippen LogP contribution in [0.4, 0.5) is 5.82 Å². The van der Waals surface area contributed by atoms with Gasteiger partial charge >= 0.3 is 0 Å². The molecule has 0 unspecified atom stereocenters. The van der Waals surface area contributed by atoms with Crippen LogP contribution in [0.3, 0.4) is 0 Å². The molecule has 0 aliphatic carbocycles. The molecule has 0 aliphatic heterocycles. The Bertz CT molecular complexity index is 428. The van der Waals surface area contributed by atoms with E-state index in [4.69, 9.17) is 9.47 Å². The molecule has 1 heterocycles. The maximum absolute atomic E-state index is 5.41. The Balaban J connectivity index is 1.94. The third-order valence-corrected chi connectivity index (χ3v) is 3.28. The topological polar surface area (TPSA) is 79.8 Å². The summed E-state index contributed by atoms with van der Waals surface area (Å²) < 4.78 is 10.3. The third kappa shape index (κ3) is 10.8. The van der Waals surface area contributed by atoms with Crippen LogP contribution in [-0.4, -0.2) is 64.6 Å². The second-order valence-corrected chi connectivity index (χ2v) is 5.23. The number of nitrogens with one attached hydrogen (secondary N) is 3. The molecule has 0 aromatic carbocycles. The summed E-state index contributed by atoms with van der Waals surface area (Å²) in [5.41, 5.74) is 0. The number of hydrogen-bond acceptors (Lipinski definition) is 5. The summed E-state index contributed by atoms with van der Waals surface area (Å²) in [6, 6.07) is 5.87. The van der Waals surface area contributed by atoms with E-state index in [1.807, 2.05) is 18.2 Å². The Morgan fingerprint density at radius 3 is 2.54 bits per heavy atom. The molecule has 24 heavy (non-hydrogen) atoms. The maximum Gasteiger partial charge on any atom is 0.190 e. The number of unbranched alkanes of at least 4 members (excludes halogenated alkanes) is 1. The minimum atomic E-state index is 0.645. The second-order valence-electron chi connectivity index (χ2n) is 5.23. The van der Waals surface area contributed by atoms with Gasteiger partial charge in [0.05, 0.1) is 13.2 Å². The molecule has 0 amide bonds. The van der Waals surface area contributed by atoms with E-state index in [0.29, 0.717) is 13.2 Å². The summed E-state index contributed by atoms with van der Waals surface area (Å²) >= 11 is 0. The van der Waals surface area contributed by atoms with Gasteiger partial charge in [-0.1, -0.05) is 6.07 Å². The zero-order chi connectivity index (χ0) is 17.3. The van der Waals surface area contributed by atoms with Crippen LogP contribution >= 0.6 is 0 Å². The van der Waals surface area contributed by atoms with Crippen molar-refractivity contribution in [1.29, 1.82) is 0 Å². The number of ether oxygens (including phenoxy) is 2. The zero-order valence-electron chi connectivity index (χ0n) is 14.9. The lowest BCUT2D eigenvalue weighted by molar-refractivity contribution is 0.0698. The van der Waals surface area contributed by atoms with Crippen molar-refractivity contribution in [3.63, 3.8) is 0 Å². The van der Waals surface area contributed by atoms with E-state index in [2.05, 4.69) is 25.9 Å². The number of pyridine rings is 1. The molecule has 0 spiro atoms. The third-order valence-electron chi connectivity index (χ3n) is 3.28. The second kappa shape index (κ2) is 14.7. The molecule has 3 N–H and O–H groups in total. The molecule has 7 heteroatoms. The molecule has 0 saturated carbocycles. The van der Waals surface area contributed by atoms with Crippen LogP contribution < -0.4 is 16.0 Å². The summed E-state index contributed by atoms with van der Waals surface area (Å²) in [5.74, 6) is 1.76. The van der Waals surface area contributed by atoms with Crippen molar-refractivity contribution in [2.24, 2.45) is 4.99 Å². The Morgan fingerprint density at radius 1 is 1.04 bits per heavy atom. The highest BCUT2D eigenvalue weighted by Gasteiger charge is 1.97. The summed E-state index contributed by atoms with van der Waals surface area (Å²) in [4.78, 5) is 8.44. The lowest BCUT2D eigenvalue weighted by Crippen LogP contribution is -2.38. The molecule has 7 nitrogen and oxygen atoms in total. The van der Waals surface area contributed by atoms with E-state index >= 15 is 0 Å². The molecule has 0 atom stereocenters. The predicted molar refractivity (Wildman–Crippen MR) is 98.6 cm³/mol. The minimum absolute atomic E-state index is 0.645. The normalized spacial score (nSPS) is 11.3. The number of nitrogens with zero attached hydrogens (tertiary/aromatic N) is 2. The Kier molecular flexibility index (Phi) is 12.4. The van der Waals surface area contributed by atoms with E-state index in [0.717, 1.165) is 57.3 Å². The molecule has 136 valence electrons. The lowest BCUT2D eigenvalue weighted by atomic mass is 10.3. The maximum atomic E-state index is 5.41. The standard InChI is InChI=1S/C17H31N5O2/c1-18-17(22-12-7-13-24-15-14-23-2)21-11-6-5-10-20-16-8-3-4-9-19-16/h3-4,8-9H,5-7,10-15H2,1-2H3,(H,19,20)(H2,18,21,22). The van der Waals surface area contributed by atoms with Crippen molar-refractivity contribution in [1.82, 2.24) is 15.6 Å². The van der Waals surface area contributed by atoms with Crippen molar-refractivity contribution < 1.29 is 9.47 Å². The summed E-state index contributed by atoms with van der Waals surface area (Å²) in [6.45, 7) is 4.68. The SMILES string of the molecule is CN=C(NCCCCNc1ccccn1)NCCCOCCOC. The molecular weight excluding hydrogens is 306 g/mol. The molecule has 0 aliphatic rings. The molecule has 0 radical (unpaired) electrons. The summed E-state index contributed by atoms with van der Waals surface area (Å²) in [5, 5.41) is 9.90. The molecule has 1 rings (SSSR count). The van der Waals surface area contributed by atoms with Crippen LogP contribution in [0.2, 0.25) is 0 Å². The first-order valence-electron chi connectivity index (χ1n) is 8.53. The minimum Gasteiger partial charge on any atom is -0.382 e. The average Bonchev–Trinajstić information content (AvgIpc) is 2.63. The lowest BCUT2D eigenvalue weighted by Gasteiger charge is -2.12. The Morgan fingerprint density at radius 2 is 1.83 bits per heavy atom. The largest absolute Gasteiger partial charge is 0.382 e. The highest BCUT2D eigenvalue weighted by molar-refractivity contribution is 5.79. The number of hydrogen-bond donors (Lipinski definition) is 3. The van der Waals surface area contributed by atoms with Gasteiger partial charge < -0.3 is 25.4 Å². The first kappa shape index (κ1) is 20.2. The monoisotopic (exact) mass is 337 g/mol. The van der Waals surface area contributed by atoms with Crippen molar-refractivity contribution in [2.45, 2.75) is 19.3 Å². The molecule has 0 fully saturated rings. The van der Waals surface area contributed by atoms with Crippen LogP contribution in [0.1, 0.15) is 19.3 Å². The smallest absolute Gasteiger partial charge is 0.190 e. The van der Waals surface area contributed by atoms with Crippen LogP contribution in [-0.2, 0) is 9.47 Å². The van der Waals surface area contributed by atoms with Gasteiger partial charge in [0.2, 0.25) is 0 Å². The van der Waals surface area contributed by atoms with Crippen molar-refractivity contribution in [3.05, 3.63) is 24.4 Å². The van der Waals surface area contributed by atoms with Gasteiger partial charge in [-0.25, -0.2) is 4.98 Å². The number of rotatable bonds is 13. The van der Waals surface area contributed by atoms with Crippen molar-refractivity contribution >= 4 is 11.8 Å². The van der Waals surface area contributed by atoms with Gasteiger partial charge in [-0.15, -0.1) is 0 Å². The number of guanidine groups is 1. The summed E-state index contributed by atoms with van der Waals surface area (Å²) in [7, 11) is 3.46. The fourth-order valence-corrected chi connectivity index (χ4v) is 1.99. The Hall–Kier alpha value is -1.86. The van der Waals surface area contributed by atoms with E-state index in [1.54, 1.807) is 20.4 Å². The van der Waals surface area contributed by atoms with E-state index in [9.17, 15) is 0 Å². The van der Waals surface area contributed by atoms with Crippen LogP contribution in [0.5, 0.6) is 0 Å². The van der Waals surface area contributed by atoms with Crippen molar-refractivity contribution in [2.75, 3.05) is 58.9 Å².